The van der Waals surface area contributed by atoms with Gasteiger partial charge in [0.15, 0.2) is 0 Å². The van der Waals surface area contributed by atoms with Crippen LogP contribution in [0, 0.1) is 6.92 Å². The van der Waals surface area contributed by atoms with Gasteiger partial charge < -0.3 is 5.73 Å². The second kappa shape index (κ2) is 7.44. The van der Waals surface area contributed by atoms with Gasteiger partial charge in [0, 0.05) is 40.0 Å². The van der Waals surface area contributed by atoms with Crippen molar-refractivity contribution >= 4 is 27.6 Å². The standard InChI is InChI=1S/C25H17F3N4O/c1-14-9-17-13-30-21-7-5-15(16-6-8-22(29)31-12-16)10-20(21)23(17)32(24(14)33)19-4-2-3-18(11-19)25(26,27)28/h2-13H,1H3,(H2,29,31). The molecule has 0 aliphatic heterocycles. The molecule has 0 fully saturated rings. The Balaban J connectivity index is 1.87. The van der Waals surface area contributed by atoms with Crippen LogP contribution in [-0.4, -0.2) is 14.5 Å². The number of halogens is 3. The van der Waals surface area contributed by atoms with Gasteiger partial charge in [-0.25, -0.2) is 4.98 Å². The van der Waals surface area contributed by atoms with Crippen LogP contribution in [0.4, 0.5) is 19.0 Å². The monoisotopic (exact) mass is 446 g/mol. The zero-order valence-electron chi connectivity index (χ0n) is 17.4. The lowest BCUT2D eigenvalue weighted by Crippen LogP contribution is -2.21. The minimum Gasteiger partial charge on any atom is -0.384 e. The van der Waals surface area contributed by atoms with Crippen molar-refractivity contribution in [2.75, 3.05) is 5.73 Å². The number of hydrogen-bond acceptors (Lipinski definition) is 4. The fraction of sp³-hybridized carbons (Fsp3) is 0.0800. The van der Waals surface area contributed by atoms with E-state index in [4.69, 9.17) is 5.73 Å². The van der Waals surface area contributed by atoms with E-state index in [-0.39, 0.29) is 5.69 Å². The summed E-state index contributed by atoms with van der Waals surface area (Å²) < 4.78 is 41.5. The second-order valence-corrected chi connectivity index (χ2v) is 7.78. The molecule has 0 amide bonds. The van der Waals surface area contributed by atoms with Gasteiger partial charge in [-0.2, -0.15) is 13.2 Å². The molecule has 5 nitrogen and oxygen atoms in total. The number of aryl methyl sites for hydroxylation is 1. The molecule has 0 radical (unpaired) electrons. The van der Waals surface area contributed by atoms with Crippen molar-refractivity contribution in [1.29, 1.82) is 0 Å². The first-order valence-corrected chi connectivity index (χ1v) is 10.1. The topological polar surface area (TPSA) is 73.8 Å². The number of rotatable bonds is 2. The van der Waals surface area contributed by atoms with Crippen LogP contribution < -0.4 is 11.3 Å². The number of aromatic nitrogens is 3. The maximum atomic E-state index is 13.4. The quantitative estimate of drug-likeness (QED) is 0.363. The van der Waals surface area contributed by atoms with E-state index in [0.717, 1.165) is 23.3 Å². The first-order valence-electron chi connectivity index (χ1n) is 10.1. The Morgan fingerprint density at radius 2 is 1.70 bits per heavy atom. The molecule has 0 saturated heterocycles. The van der Waals surface area contributed by atoms with Crippen molar-refractivity contribution in [3.05, 3.63) is 94.5 Å². The Hall–Kier alpha value is -4.20. The highest BCUT2D eigenvalue weighted by molar-refractivity contribution is 6.05. The molecule has 8 heteroatoms. The zero-order valence-corrected chi connectivity index (χ0v) is 17.4. The largest absolute Gasteiger partial charge is 0.416 e. The van der Waals surface area contributed by atoms with Gasteiger partial charge in [0.25, 0.3) is 5.56 Å². The fourth-order valence-electron chi connectivity index (χ4n) is 3.95. The van der Waals surface area contributed by atoms with Crippen molar-refractivity contribution in [2.24, 2.45) is 0 Å². The third-order valence-corrected chi connectivity index (χ3v) is 5.56. The number of nitrogens with zero attached hydrogens (tertiary/aromatic N) is 3. The highest BCUT2D eigenvalue weighted by atomic mass is 19.4. The third kappa shape index (κ3) is 3.59. The van der Waals surface area contributed by atoms with Crippen LogP contribution in [0.1, 0.15) is 11.1 Å². The van der Waals surface area contributed by atoms with Gasteiger partial charge in [-0.1, -0.05) is 12.1 Å². The predicted molar refractivity (Wildman–Crippen MR) is 122 cm³/mol. The van der Waals surface area contributed by atoms with E-state index in [2.05, 4.69) is 9.97 Å². The number of hydrogen-bond donors (Lipinski definition) is 1. The van der Waals surface area contributed by atoms with Crippen LogP contribution in [0.3, 0.4) is 0 Å². The highest BCUT2D eigenvalue weighted by Crippen LogP contribution is 2.33. The normalized spacial score (nSPS) is 11.9. The maximum absolute atomic E-state index is 13.4. The number of anilines is 1. The number of pyridine rings is 3. The molecule has 0 unspecified atom stereocenters. The highest BCUT2D eigenvalue weighted by Gasteiger charge is 2.30. The molecule has 0 atom stereocenters. The second-order valence-electron chi connectivity index (χ2n) is 7.78. The number of nitrogen functional groups attached to an aromatic ring is 1. The molecule has 2 aromatic carbocycles. The SMILES string of the molecule is Cc1cc2cnc3ccc(-c4ccc(N)nc4)cc3c2n(-c2cccc(C(F)(F)F)c2)c1=O. The van der Waals surface area contributed by atoms with E-state index in [0.29, 0.717) is 33.2 Å². The first kappa shape index (κ1) is 20.7. The van der Waals surface area contributed by atoms with E-state index in [1.54, 1.807) is 37.5 Å². The molecule has 5 rings (SSSR count). The number of fused-ring (bicyclic) bond motifs is 3. The van der Waals surface area contributed by atoms with Gasteiger partial charge >= 0.3 is 6.18 Å². The summed E-state index contributed by atoms with van der Waals surface area (Å²) in [4.78, 5) is 21.8. The summed E-state index contributed by atoms with van der Waals surface area (Å²) in [5.74, 6) is 0.389. The fourth-order valence-corrected chi connectivity index (χ4v) is 3.95. The minimum absolute atomic E-state index is 0.135. The Kier molecular flexibility index (Phi) is 4.67. The van der Waals surface area contributed by atoms with Crippen molar-refractivity contribution < 1.29 is 13.2 Å². The Morgan fingerprint density at radius 1 is 0.909 bits per heavy atom. The summed E-state index contributed by atoms with van der Waals surface area (Å²) in [6.07, 6.45) is -1.27. The third-order valence-electron chi connectivity index (χ3n) is 5.56. The number of alkyl halides is 3. The minimum atomic E-state index is -4.53. The number of benzene rings is 2. The van der Waals surface area contributed by atoms with Crippen LogP contribution in [0.15, 0.2) is 77.9 Å². The smallest absolute Gasteiger partial charge is 0.384 e. The molecule has 33 heavy (non-hydrogen) atoms. The van der Waals surface area contributed by atoms with E-state index >= 15 is 0 Å². The summed E-state index contributed by atoms with van der Waals surface area (Å²) in [5.41, 5.74) is 7.72. The van der Waals surface area contributed by atoms with Crippen LogP contribution in [0.5, 0.6) is 0 Å². The molecule has 2 N–H and O–H groups in total. The Labute approximate surface area is 186 Å². The summed E-state index contributed by atoms with van der Waals surface area (Å²) in [7, 11) is 0. The van der Waals surface area contributed by atoms with Crippen LogP contribution in [0.2, 0.25) is 0 Å². The summed E-state index contributed by atoms with van der Waals surface area (Å²) in [5, 5.41) is 1.28. The van der Waals surface area contributed by atoms with Crippen LogP contribution in [0.25, 0.3) is 38.6 Å². The predicted octanol–water partition coefficient (Wildman–Crippen LogP) is 5.51. The van der Waals surface area contributed by atoms with Gasteiger partial charge in [-0.3, -0.25) is 14.3 Å². The maximum Gasteiger partial charge on any atom is 0.416 e. The molecule has 0 spiro atoms. The number of nitrogens with two attached hydrogens (primary N) is 1. The lowest BCUT2D eigenvalue weighted by atomic mass is 10.0. The van der Waals surface area contributed by atoms with Gasteiger partial charge in [-0.15, -0.1) is 0 Å². The Bertz CT molecular complexity index is 1590. The summed E-state index contributed by atoms with van der Waals surface area (Å²) >= 11 is 0. The van der Waals surface area contributed by atoms with Gasteiger partial charge in [0.05, 0.1) is 16.6 Å². The van der Waals surface area contributed by atoms with Gasteiger partial charge in [-0.05, 0) is 61.0 Å². The van der Waals surface area contributed by atoms with Gasteiger partial charge in [0.2, 0.25) is 0 Å². The average molecular weight is 446 g/mol. The van der Waals surface area contributed by atoms with Crippen molar-refractivity contribution in [1.82, 2.24) is 14.5 Å². The molecule has 164 valence electrons. The van der Waals surface area contributed by atoms with E-state index in [1.165, 1.54) is 16.7 Å². The molecule has 0 bridgehead atoms. The molecule has 0 aliphatic carbocycles. The van der Waals surface area contributed by atoms with E-state index < -0.39 is 17.3 Å². The molecular weight excluding hydrogens is 429 g/mol. The average Bonchev–Trinajstić information content (AvgIpc) is 2.79. The molecule has 0 aliphatic rings. The van der Waals surface area contributed by atoms with Gasteiger partial charge in [0.1, 0.15) is 5.82 Å². The molecule has 5 aromatic rings. The van der Waals surface area contributed by atoms with E-state index in [1.807, 2.05) is 18.2 Å². The van der Waals surface area contributed by atoms with Crippen LogP contribution in [-0.2, 0) is 6.18 Å². The molecule has 3 heterocycles. The first-order chi connectivity index (χ1) is 15.7. The van der Waals surface area contributed by atoms with Crippen molar-refractivity contribution in [3.8, 4) is 16.8 Å². The van der Waals surface area contributed by atoms with Crippen molar-refractivity contribution in [2.45, 2.75) is 13.1 Å². The zero-order chi connectivity index (χ0) is 23.3. The van der Waals surface area contributed by atoms with Crippen molar-refractivity contribution in [3.63, 3.8) is 0 Å². The lowest BCUT2D eigenvalue weighted by Gasteiger charge is -2.16. The lowest BCUT2D eigenvalue weighted by molar-refractivity contribution is -0.137. The molecular formula is C25H17F3N4O. The summed E-state index contributed by atoms with van der Waals surface area (Å²) in [6, 6.07) is 15.5. The summed E-state index contributed by atoms with van der Waals surface area (Å²) in [6.45, 7) is 1.63. The molecule has 0 saturated carbocycles. The Morgan fingerprint density at radius 3 is 2.42 bits per heavy atom. The van der Waals surface area contributed by atoms with Crippen LogP contribution >= 0.6 is 0 Å². The molecule has 3 aromatic heterocycles. The van der Waals surface area contributed by atoms with E-state index in [9.17, 15) is 18.0 Å².